The summed E-state index contributed by atoms with van der Waals surface area (Å²) in [4.78, 5) is 15.5. The summed E-state index contributed by atoms with van der Waals surface area (Å²) in [5.74, 6) is 0.0958. The number of carbonyl (C=O) groups excluding carboxylic acids is 1. The molecule has 0 fully saturated rings. The van der Waals surface area contributed by atoms with E-state index in [2.05, 4.69) is 37.6 Å². The fraction of sp³-hybridized carbons (Fsp3) is 0.200. The van der Waals surface area contributed by atoms with Crippen LogP contribution >= 0.6 is 15.9 Å². The van der Waals surface area contributed by atoms with Gasteiger partial charge in [0, 0.05) is 41.2 Å². The number of aromatic nitrogens is 1. The zero-order valence-corrected chi connectivity index (χ0v) is 12.4. The molecular weight excluding hydrogens is 318 g/mol. The molecule has 4 nitrogen and oxygen atoms in total. The predicted molar refractivity (Wildman–Crippen MR) is 82.7 cm³/mol. The third kappa shape index (κ3) is 2.99. The van der Waals surface area contributed by atoms with E-state index in [1.165, 1.54) is 5.56 Å². The van der Waals surface area contributed by atoms with Crippen LogP contribution in [-0.2, 0) is 17.8 Å². The van der Waals surface area contributed by atoms with Crippen LogP contribution in [0, 0.1) is 0 Å². The maximum atomic E-state index is 11.3. The van der Waals surface area contributed by atoms with Gasteiger partial charge in [-0.2, -0.15) is 0 Å². The van der Waals surface area contributed by atoms with Crippen molar-refractivity contribution in [3.8, 4) is 0 Å². The van der Waals surface area contributed by atoms with Gasteiger partial charge >= 0.3 is 0 Å². The molecule has 0 spiro atoms. The topological polar surface area (TPSA) is 54.0 Å². The minimum Gasteiger partial charge on any atom is -0.381 e. The quantitative estimate of drug-likeness (QED) is 0.906. The minimum absolute atomic E-state index is 0.0958. The van der Waals surface area contributed by atoms with Crippen molar-refractivity contribution in [2.24, 2.45) is 0 Å². The first-order chi connectivity index (χ1) is 9.70. The lowest BCUT2D eigenvalue weighted by Crippen LogP contribution is -2.18. The number of pyridine rings is 1. The molecule has 1 aromatic heterocycles. The van der Waals surface area contributed by atoms with E-state index >= 15 is 0 Å². The summed E-state index contributed by atoms with van der Waals surface area (Å²) in [6.07, 6.45) is 4.97. The van der Waals surface area contributed by atoms with Gasteiger partial charge in [-0.1, -0.05) is 0 Å². The molecule has 1 aliphatic heterocycles. The molecule has 0 radical (unpaired) electrons. The number of nitrogens with one attached hydrogen (secondary N) is 2. The fourth-order valence-electron chi connectivity index (χ4n) is 2.25. The van der Waals surface area contributed by atoms with Gasteiger partial charge in [-0.25, -0.2) is 0 Å². The Morgan fingerprint density at radius 1 is 1.25 bits per heavy atom. The highest BCUT2D eigenvalue weighted by Crippen LogP contribution is 2.26. The molecule has 1 amide bonds. The average molecular weight is 332 g/mol. The zero-order chi connectivity index (χ0) is 13.9. The maximum absolute atomic E-state index is 11.3. The second kappa shape index (κ2) is 5.63. The van der Waals surface area contributed by atoms with Crippen LogP contribution in [-0.4, -0.2) is 10.9 Å². The number of nitrogens with zero attached hydrogens (tertiary/aromatic N) is 1. The highest BCUT2D eigenvalue weighted by molar-refractivity contribution is 9.10. The SMILES string of the molecule is O=C1CCc2cc(NCc3cncc(Br)c3)ccc2N1. The van der Waals surface area contributed by atoms with Crippen LogP contribution in [0.5, 0.6) is 0 Å². The molecule has 0 aliphatic carbocycles. The summed E-state index contributed by atoms with van der Waals surface area (Å²) in [6, 6.07) is 8.07. The van der Waals surface area contributed by atoms with Crippen molar-refractivity contribution < 1.29 is 4.79 Å². The lowest BCUT2D eigenvalue weighted by Gasteiger charge is -2.18. The molecule has 20 heavy (non-hydrogen) atoms. The molecule has 3 rings (SSSR count). The molecule has 5 heteroatoms. The van der Waals surface area contributed by atoms with Crippen molar-refractivity contribution in [3.05, 3.63) is 52.3 Å². The van der Waals surface area contributed by atoms with E-state index in [0.717, 1.165) is 34.4 Å². The average Bonchev–Trinajstić information content (AvgIpc) is 2.45. The number of amides is 1. The van der Waals surface area contributed by atoms with E-state index in [9.17, 15) is 4.79 Å². The van der Waals surface area contributed by atoms with Crippen molar-refractivity contribution in [2.75, 3.05) is 10.6 Å². The lowest BCUT2D eigenvalue weighted by molar-refractivity contribution is -0.116. The van der Waals surface area contributed by atoms with Crippen LogP contribution in [0.4, 0.5) is 11.4 Å². The highest BCUT2D eigenvalue weighted by atomic mass is 79.9. The van der Waals surface area contributed by atoms with Gasteiger partial charge in [0.05, 0.1) is 0 Å². The second-order valence-electron chi connectivity index (χ2n) is 4.79. The van der Waals surface area contributed by atoms with Crippen LogP contribution < -0.4 is 10.6 Å². The Balaban J connectivity index is 1.71. The molecule has 2 aromatic rings. The Labute approximate surface area is 125 Å². The first kappa shape index (κ1) is 13.1. The molecule has 0 saturated carbocycles. The van der Waals surface area contributed by atoms with Gasteiger partial charge in [0.15, 0.2) is 0 Å². The number of hydrogen-bond donors (Lipinski definition) is 2. The molecule has 0 unspecified atom stereocenters. The molecule has 1 aromatic carbocycles. The van der Waals surface area contributed by atoms with E-state index in [1.807, 2.05) is 24.4 Å². The molecule has 102 valence electrons. The molecule has 1 aliphatic rings. The molecule has 0 bridgehead atoms. The van der Waals surface area contributed by atoms with Gasteiger partial charge in [-0.15, -0.1) is 0 Å². The monoisotopic (exact) mass is 331 g/mol. The van der Waals surface area contributed by atoms with Crippen molar-refractivity contribution in [2.45, 2.75) is 19.4 Å². The van der Waals surface area contributed by atoms with Crippen LogP contribution in [0.3, 0.4) is 0 Å². The second-order valence-corrected chi connectivity index (χ2v) is 5.70. The van der Waals surface area contributed by atoms with Crippen molar-refractivity contribution in [1.82, 2.24) is 4.98 Å². The van der Waals surface area contributed by atoms with Gasteiger partial charge in [0.25, 0.3) is 0 Å². The smallest absolute Gasteiger partial charge is 0.224 e. The maximum Gasteiger partial charge on any atom is 0.224 e. The summed E-state index contributed by atoms with van der Waals surface area (Å²) in [5, 5.41) is 6.26. The van der Waals surface area contributed by atoms with E-state index in [1.54, 1.807) is 6.20 Å². The third-order valence-electron chi connectivity index (χ3n) is 3.26. The Hall–Kier alpha value is -1.88. The number of halogens is 1. The molecule has 0 atom stereocenters. The number of aryl methyl sites for hydroxylation is 1. The summed E-state index contributed by atoms with van der Waals surface area (Å²) >= 11 is 3.41. The number of fused-ring (bicyclic) bond motifs is 1. The van der Waals surface area contributed by atoms with Crippen LogP contribution in [0.2, 0.25) is 0 Å². The first-order valence-corrected chi connectivity index (χ1v) is 7.26. The zero-order valence-electron chi connectivity index (χ0n) is 10.8. The number of rotatable bonds is 3. The van der Waals surface area contributed by atoms with E-state index < -0.39 is 0 Å². The standard InChI is InChI=1S/C15H14BrN3O/c16-12-5-10(7-17-9-12)8-18-13-2-3-14-11(6-13)1-4-15(20)19-14/h2-3,5-7,9,18H,1,4,8H2,(H,19,20). The Bertz CT molecular complexity index is 657. The van der Waals surface area contributed by atoms with Crippen LogP contribution in [0.1, 0.15) is 17.5 Å². The number of hydrogen-bond acceptors (Lipinski definition) is 3. The summed E-state index contributed by atoms with van der Waals surface area (Å²) in [6.45, 7) is 0.720. The van der Waals surface area contributed by atoms with Gasteiger partial charge < -0.3 is 10.6 Å². The predicted octanol–water partition coefficient (Wildman–Crippen LogP) is 3.34. The van der Waals surface area contributed by atoms with Gasteiger partial charge in [0.1, 0.15) is 0 Å². The van der Waals surface area contributed by atoms with Gasteiger partial charge in [-0.05, 0) is 57.7 Å². The summed E-state index contributed by atoms with van der Waals surface area (Å²) in [5.41, 5.74) is 4.28. The highest BCUT2D eigenvalue weighted by Gasteiger charge is 2.14. The number of anilines is 2. The lowest BCUT2D eigenvalue weighted by atomic mass is 10.0. The molecular formula is C15H14BrN3O. The Morgan fingerprint density at radius 3 is 3.00 bits per heavy atom. The van der Waals surface area contributed by atoms with E-state index in [4.69, 9.17) is 0 Å². The molecule has 2 N–H and O–H groups in total. The van der Waals surface area contributed by atoms with E-state index in [-0.39, 0.29) is 5.91 Å². The fourth-order valence-corrected chi connectivity index (χ4v) is 2.66. The Kier molecular flexibility index (Phi) is 3.69. The van der Waals surface area contributed by atoms with Gasteiger partial charge in [-0.3, -0.25) is 9.78 Å². The number of benzene rings is 1. The van der Waals surface area contributed by atoms with Crippen molar-refractivity contribution in [1.29, 1.82) is 0 Å². The van der Waals surface area contributed by atoms with Crippen molar-refractivity contribution in [3.63, 3.8) is 0 Å². The normalized spacial score (nSPS) is 13.6. The van der Waals surface area contributed by atoms with Crippen molar-refractivity contribution >= 4 is 33.2 Å². The summed E-state index contributed by atoms with van der Waals surface area (Å²) in [7, 11) is 0. The third-order valence-corrected chi connectivity index (χ3v) is 3.69. The molecule has 2 heterocycles. The van der Waals surface area contributed by atoms with E-state index in [0.29, 0.717) is 6.42 Å². The van der Waals surface area contributed by atoms with Gasteiger partial charge in [0.2, 0.25) is 5.91 Å². The number of carbonyl (C=O) groups is 1. The largest absolute Gasteiger partial charge is 0.381 e. The Morgan fingerprint density at radius 2 is 2.15 bits per heavy atom. The minimum atomic E-state index is 0.0958. The van der Waals surface area contributed by atoms with Crippen LogP contribution in [0.25, 0.3) is 0 Å². The summed E-state index contributed by atoms with van der Waals surface area (Å²) < 4.78 is 0.977. The van der Waals surface area contributed by atoms with Crippen LogP contribution in [0.15, 0.2) is 41.1 Å². The first-order valence-electron chi connectivity index (χ1n) is 6.47. The molecule has 0 saturated heterocycles.